The van der Waals surface area contributed by atoms with Crippen molar-refractivity contribution in [3.8, 4) is 11.5 Å². The van der Waals surface area contributed by atoms with Crippen LogP contribution in [-0.4, -0.2) is 27.0 Å². The second-order valence-electron chi connectivity index (χ2n) is 7.42. The van der Waals surface area contributed by atoms with Gasteiger partial charge in [-0.05, 0) is 44.5 Å². The van der Waals surface area contributed by atoms with Crippen LogP contribution in [0.5, 0.6) is 0 Å². The van der Waals surface area contributed by atoms with Crippen molar-refractivity contribution in [1.29, 1.82) is 0 Å². The molecule has 4 rings (SSSR count). The average molecular weight is 389 g/mol. The first-order chi connectivity index (χ1) is 14.0. The third-order valence-corrected chi connectivity index (χ3v) is 4.89. The van der Waals surface area contributed by atoms with Crippen molar-refractivity contribution in [2.45, 2.75) is 39.8 Å². The van der Waals surface area contributed by atoms with E-state index in [0.29, 0.717) is 11.8 Å². The van der Waals surface area contributed by atoms with Gasteiger partial charge in [0.1, 0.15) is 5.58 Å². The number of aryl methyl sites for hydroxylation is 1. The van der Waals surface area contributed by atoms with E-state index in [0.717, 1.165) is 27.7 Å². The van der Waals surface area contributed by atoms with Gasteiger partial charge in [-0.25, -0.2) is 0 Å². The first-order valence-corrected chi connectivity index (χ1v) is 9.65. The minimum absolute atomic E-state index is 0.00464. The molecule has 0 unspecified atom stereocenters. The molecule has 0 aliphatic rings. The number of aromatic nitrogens is 2. The van der Waals surface area contributed by atoms with Crippen LogP contribution in [0.25, 0.3) is 22.4 Å². The van der Waals surface area contributed by atoms with Gasteiger partial charge in [0.2, 0.25) is 17.7 Å². The molecule has 0 aliphatic carbocycles. The van der Waals surface area contributed by atoms with Crippen molar-refractivity contribution in [1.82, 2.24) is 15.1 Å². The Bertz CT molecular complexity index is 1130. The number of rotatable bonds is 6. The van der Waals surface area contributed by atoms with Crippen molar-refractivity contribution in [3.05, 3.63) is 71.8 Å². The van der Waals surface area contributed by atoms with Crippen LogP contribution >= 0.6 is 0 Å². The molecule has 0 saturated heterocycles. The summed E-state index contributed by atoms with van der Waals surface area (Å²) >= 11 is 0. The monoisotopic (exact) mass is 389 g/mol. The normalized spacial score (nSPS) is 11.3. The van der Waals surface area contributed by atoms with Crippen LogP contribution in [-0.2, 0) is 17.8 Å². The van der Waals surface area contributed by atoms with Crippen LogP contribution in [0.4, 0.5) is 0 Å². The van der Waals surface area contributed by atoms with Crippen molar-refractivity contribution < 1.29 is 13.6 Å². The van der Waals surface area contributed by atoms with E-state index in [1.807, 2.05) is 69.3 Å². The molecule has 0 spiro atoms. The summed E-state index contributed by atoms with van der Waals surface area (Å²) in [6.07, 6.45) is 1.93. The van der Waals surface area contributed by atoms with Crippen LogP contribution in [0.15, 0.2) is 63.6 Å². The fraction of sp³-hybridized carbons (Fsp3) is 0.261. The molecule has 2 aromatic heterocycles. The molecule has 148 valence electrons. The van der Waals surface area contributed by atoms with E-state index < -0.39 is 0 Å². The Morgan fingerprint density at radius 2 is 1.90 bits per heavy atom. The largest absolute Gasteiger partial charge is 0.464 e. The quantitative estimate of drug-likeness (QED) is 0.475. The van der Waals surface area contributed by atoms with Crippen LogP contribution in [0.3, 0.4) is 0 Å². The van der Waals surface area contributed by atoms with E-state index in [2.05, 4.69) is 10.2 Å². The molecule has 0 saturated carbocycles. The minimum Gasteiger partial charge on any atom is -0.464 e. The summed E-state index contributed by atoms with van der Waals surface area (Å²) in [7, 11) is 0. The van der Waals surface area contributed by atoms with E-state index >= 15 is 0 Å². The molecular weight excluding hydrogens is 366 g/mol. The molecular formula is C23H23N3O3. The molecule has 0 bridgehead atoms. The predicted octanol–water partition coefficient (Wildman–Crippen LogP) is 4.77. The number of hydrogen-bond acceptors (Lipinski definition) is 5. The lowest BCUT2D eigenvalue weighted by Gasteiger charge is -2.25. The van der Waals surface area contributed by atoms with E-state index in [-0.39, 0.29) is 24.9 Å². The zero-order valence-electron chi connectivity index (χ0n) is 16.8. The Kier molecular flexibility index (Phi) is 5.16. The van der Waals surface area contributed by atoms with Gasteiger partial charge in [0.15, 0.2) is 0 Å². The Hall–Kier alpha value is -3.41. The first-order valence-electron chi connectivity index (χ1n) is 9.65. The molecule has 6 nitrogen and oxygen atoms in total. The van der Waals surface area contributed by atoms with Gasteiger partial charge >= 0.3 is 0 Å². The predicted molar refractivity (Wildman–Crippen MR) is 110 cm³/mol. The van der Waals surface area contributed by atoms with E-state index in [9.17, 15) is 4.79 Å². The van der Waals surface area contributed by atoms with Crippen molar-refractivity contribution in [3.63, 3.8) is 0 Å². The lowest BCUT2D eigenvalue weighted by molar-refractivity contribution is -0.133. The molecule has 6 heteroatoms. The maximum absolute atomic E-state index is 13.0. The molecule has 0 radical (unpaired) electrons. The summed E-state index contributed by atoms with van der Waals surface area (Å²) in [6.45, 7) is 6.24. The van der Waals surface area contributed by atoms with Crippen molar-refractivity contribution in [2.24, 2.45) is 0 Å². The topological polar surface area (TPSA) is 72.4 Å². The minimum atomic E-state index is -0.0114. The van der Waals surface area contributed by atoms with Crippen molar-refractivity contribution >= 4 is 16.9 Å². The van der Waals surface area contributed by atoms with Gasteiger partial charge in [0.25, 0.3) is 0 Å². The summed E-state index contributed by atoms with van der Waals surface area (Å²) < 4.78 is 11.4. The second kappa shape index (κ2) is 7.91. The number of nitrogens with zero attached hydrogens (tertiary/aromatic N) is 3. The van der Waals surface area contributed by atoms with E-state index in [1.54, 1.807) is 11.2 Å². The highest BCUT2D eigenvalue weighted by Gasteiger charge is 2.22. The van der Waals surface area contributed by atoms with E-state index in [1.165, 1.54) is 0 Å². The van der Waals surface area contributed by atoms with Crippen LogP contribution < -0.4 is 0 Å². The Balaban J connectivity index is 1.51. The SMILES string of the molecule is Cc1ccc2c(CC(=O)N(Cc3nnc(-c4ccccc4)o3)C(C)C)coc2c1. The Labute approximate surface area is 169 Å². The number of amides is 1. The molecule has 29 heavy (non-hydrogen) atoms. The van der Waals surface area contributed by atoms with E-state index in [4.69, 9.17) is 8.83 Å². The number of carbonyl (C=O) groups excluding carboxylic acids is 1. The highest BCUT2D eigenvalue weighted by molar-refractivity contribution is 5.88. The van der Waals surface area contributed by atoms with Gasteiger partial charge in [-0.3, -0.25) is 4.79 Å². The summed E-state index contributed by atoms with van der Waals surface area (Å²) in [4.78, 5) is 14.8. The molecule has 0 aliphatic heterocycles. The highest BCUT2D eigenvalue weighted by atomic mass is 16.4. The van der Waals surface area contributed by atoms with Gasteiger partial charge < -0.3 is 13.7 Å². The molecule has 0 atom stereocenters. The standard InChI is InChI=1S/C23H23N3O3/c1-15(2)26(13-21-24-25-23(29-21)17-7-5-4-6-8-17)22(27)12-18-14-28-20-11-16(3)9-10-19(18)20/h4-11,14-15H,12-13H2,1-3H3. The zero-order valence-corrected chi connectivity index (χ0v) is 16.8. The summed E-state index contributed by atoms with van der Waals surface area (Å²) in [6, 6.07) is 15.6. The van der Waals surface area contributed by atoms with Gasteiger partial charge in [0.05, 0.1) is 19.2 Å². The third kappa shape index (κ3) is 4.06. The fourth-order valence-electron chi connectivity index (χ4n) is 3.31. The summed E-state index contributed by atoms with van der Waals surface area (Å²) in [5.74, 6) is 0.856. The molecule has 2 aromatic carbocycles. The number of benzene rings is 2. The van der Waals surface area contributed by atoms with Crippen LogP contribution in [0.1, 0.15) is 30.9 Å². The Morgan fingerprint density at radius 1 is 1.10 bits per heavy atom. The molecule has 1 amide bonds. The van der Waals surface area contributed by atoms with Gasteiger partial charge in [-0.15, -0.1) is 10.2 Å². The average Bonchev–Trinajstić information content (AvgIpc) is 3.33. The maximum atomic E-state index is 13.0. The first kappa shape index (κ1) is 18.9. The maximum Gasteiger partial charge on any atom is 0.247 e. The second-order valence-corrected chi connectivity index (χ2v) is 7.42. The smallest absolute Gasteiger partial charge is 0.247 e. The lowest BCUT2D eigenvalue weighted by Crippen LogP contribution is -2.37. The molecule has 0 fully saturated rings. The van der Waals surface area contributed by atoms with Crippen LogP contribution in [0, 0.1) is 6.92 Å². The molecule has 2 heterocycles. The van der Waals surface area contributed by atoms with Crippen molar-refractivity contribution in [2.75, 3.05) is 0 Å². The summed E-state index contributed by atoms with van der Waals surface area (Å²) in [5.41, 5.74) is 3.66. The number of furan rings is 1. The highest BCUT2D eigenvalue weighted by Crippen LogP contribution is 2.24. The number of carbonyl (C=O) groups is 1. The number of fused-ring (bicyclic) bond motifs is 1. The number of hydrogen-bond donors (Lipinski definition) is 0. The summed E-state index contributed by atoms with van der Waals surface area (Å²) in [5, 5.41) is 9.21. The van der Waals surface area contributed by atoms with Gasteiger partial charge in [0, 0.05) is 22.6 Å². The zero-order chi connectivity index (χ0) is 20.4. The third-order valence-electron chi connectivity index (χ3n) is 4.89. The Morgan fingerprint density at radius 3 is 2.66 bits per heavy atom. The van der Waals surface area contributed by atoms with Gasteiger partial charge in [-0.1, -0.05) is 30.3 Å². The molecule has 4 aromatic rings. The van der Waals surface area contributed by atoms with Gasteiger partial charge in [-0.2, -0.15) is 0 Å². The molecule has 0 N–H and O–H groups in total. The van der Waals surface area contributed by atoms with Crippen LogP contribution in [0.2, 0.25) is 0 Å². The fourth-order valence-corrected chi connectivity index (χ4v) is 3.31. The lowest BCUT2D eigenvalue weighted by atomic mass is 10.1.